The molecule has 1 aliphatic rings. The topological polar surface area (TPSA) is 61.4 Å². The Morgan fingerprint density at radius 3 is 3.03 bits per heavy atom. The Balaban J connectivity index is 1.57. The fourth-order valence-corrected chi connectivity index (χ4v) is 4.33. The van der Waals surface area contributed by atoms with Crippen molar-refractivity contribution in [2.75, 3.05) is 39.0 Å². The van der Waals surface area contributed by atoms with Gasteiger partial charge in [-0.3, -0.25) is 4.79 Å². The van der Waals surface area contributed by atoms with Crippen LogP contribution in [0.15, 0.2) is 54.1 Å². The Labute approximate surface area is 181 Å². The van der Waals surface area contributed by atoms with Gasteiger partial charge in [-0.05, 0) is 38.4 Å². The maximum atomic E-state index is 12.6. The second kappa shape index (κ2) is 9.36. The van der Waals surface area contributed by atoms with Crippen LogP contribution in [0.4, 0.5) is 10.9 Å². The Kier molecular flexibility index (Phi) is 6.40. The Morgan fingerprint density at radius 2 is 2.23 bits per heavy atom. The van der Waals surface area contributed by atoms with Crippen molar-refractivity contribution in [2.45, 2.75) is 18.8 Å². The number of hydrogen-bond acceptors (Lipinski definition) is 6. The van der Waals surface area contributed by atoms with E-state index in [4.69, 9.17) is 4.98 Å². The van der Waals surface area contributed by atoms with E-state index in [0.717, 1.165) is 53.3 Å². The third-order valence-corrected chi connectivity index (χ3v) is 5.99. The average molecular weight is 422 g/mol. The summed E-state index contributed by atoms with van der Waals surface area (Å²) in [5.41, 5.74) is 1.03. The molecule has 1 N–H and O–H groups in total. The van der Waals surface area contributed by atoms with Crippen LogP contribution in [-0.2, 0) is 4.79 Å². The minimum absolute atomic E-state index is 0.0865. The van der Waals surface area contributed by atoms with Gasteiger partial charge < -0.3 is 15.1 Å². The number of carbonyl (C=O) groups excluding carboxylic acids is 1. The zero-order valence-corrected chi connectivity index (χ0v) is 18.2. The molecule has 0 spiro atoms. The van der Waals surface area contributed by atoms with Crippen LogP contribution in [0.25, 0.3) is 10.8 Å². The molecule has 2 aromatic heterocycles. The fraction of sp³-hybridized carbons (Fsp3) is 0.348. The first-order chi connectivity index (χ1) is 14.6. The van der Waals surface area contributed by atoms with E-state index in [1.807, 2.05) is 47.5 Å². The summed E-state index contributed by atoms with van der Waals surface area (Å²) >= 11 is 1.56. The van der Waals surface area contributed by atoms with Crippen LogP contribution < -0.4 is 5.32 Å². The summed E-state index contributed by atoms with van der Waals surface area (Å²) in [6.45, 7) is 2.27. The SMILES string of the molecule is CN(C)C/C=C/C(=O)N1CCC[C@H](c2cc3ccccc3c(Nc3nccs3)n2)C1. The molecular formula is C23H27N5OS. The monoisotopic (exact) mass is 421 g/mol. The second-order valence-corrected chi connectivity index (χ2v) is 8.76. The number of thiazole rings is 1. The number of likely N-dealkylation sites (N-methyl/N-ethyl adjacent to an activating group) is 1. The molecule has 30 heavy (non-hydrogen) atoms. The van der Waals surface area contributed by atoms with Gasteiger partial charge in [0, 0.05) is 54.3 Å². The van der Waals surface area contributed by atoms with Crippen LogP contribution in [-0.4, -0.2) is 59.4 Å². The second-order valence-electron chi connectivity index (χ2n) is 7.87. The summed E-state index contributed by atoms with van der Waals surface area (Å²) in [7, 11) is 3.99. The lowest BCUT2D eigenvalue weighted by atomic mass is 9.93. The number of benzene rings is 1. The van der Waals surface area contributed by atoms with Crippen LogP contribution in [0.1, 0.15) is 24.5 Å². The molecule has 1 aromatic carbocycles. The quantitative estimate of drug-likeness (QED) is 0.603. The lowest BCUT2D eigenvalue weighted by Gasteiger charge is -2.32. The first-order valence-corrected chi connectivity index (χ1v) is 11.1. The largest absolute Gasteiger partial charge is 0.339 e. The molecule has 0 radical (unpaired) electrons. The number of fused-ring (bicyclic) bond motifs is 1. The Bertz CT molecular complexity index is 1030. The van der Waals surface area contributed by atoms with Gasteiger partial charge in [0.25, 0.3) is 0 Å². The number of amides is 1. The van der Waals surface area contributed by atoms with Crippen LogP contribution >= 0.6 is 11.3 Å². The number of nitrogens with zero attached hydrogens (tertiary/aromatic N) is 4. The van der Waals surface area contributed by atoms with Gasteiger partial charge in [0.15, 0.2) is 5.13 Å². The number of piperidine rings is 1. The van der Waals surface area contributed by atoms with Crippen molar-refractivity contribution in [3.05, 3.63) is 59.8 Å². The molecule has 6 nitrogen and oxygen atoms in total. The lowest BCUT2D eigenvalue weighted by Crippen LogP contribution is -2.38. The van der Waals surface area contributed by atoms with Crippen molar-refractivity contribution in [1.29, 1.82) is 0 Å². The third kappa shape index (κ3) is 4.86. The average Bonchev–Trinajstić information content (AvgIpc) is 3.26. The van der Waals surface area contributed by atoms with Gasteiger partial charge in [0.1, 0.15) is 5.82 Å². The first kappa shape index (κ1) is 20.5. The number of likely N-dealkylation sites (tertiary alicyclic amines) is 1. The Morgan fingerprint density at radius 1 is 1.37 bits per heavy atom. The van der Waals surface area contributed by atoms with Crippen LogP contribution in [0.3, 0.4) is 0 Å². The predicted molar refractivity (Wildman–Crippen MR) is 123 cm³/mol. The highest BCUT2D eigenvalue weighted by Crippen LogP contribution is 2.32. The standard InChI is InChI=1S/C23H27N5OS/c1-27(2)12-6-10-21(29)28-13-5-8-18(16-28)20-15-17-7-3-4-9-19(17)22(25-20)26-23-24-11-14-30-23/h3-4,6-7,9-11,14-15,18H,5,8,12-13,16H2,1-2H3,(H,24,25,26)/b10-6+/t18-/m0/s1. The van der Waals surface area contributed by atoms with E-state index in [9.17, 15) is 4.79 Å². The smallest absolute Gasteiger partial charge is 0.246 e. The number of aromatic nitrogens is 2. The number of rotatable bonds is 6. The predicted octanol–water partition coefficient (Wildman–Crippen LogP) is 4.26. The number of nitrogens with one attached hydrogen (secondary N) is 1. The summed E-state index contributed by atoms with van der Waals surface area (Å²) in [5, 5.41) is 8.38. The molecular weight excluding hydrogens is 394 g/mol. The van der Waals surface area contributed by atoms with Crippen molar-refractivity contribution in [3.8, 4) is 0 Å². The molecule has 1 aliphatic heterocycles. The van der Waals surface area contributed by atoms with Crippen LogP contribution in [0, 0.1) is 0 Å². The van der Waals surface area contributed by atoms with E-state index in [-0.39, 0.29) is 11.8 Å². The van der Waals surface area contributed by atoms with Crippen molar-refractivity contribution >= 4 is 39.0 Å². The number of anilines is 2. The van der Waals surface area contributed by atoms with Crippen molar-refractivity contribution in [1.82, 2.24) is 19.8 Å². The van der Waals surface area contributed by atoms with Gasteiger partial charge in [0.05, 0.1) is 0 Å². The molecule has 0 aliphatic carbocycles. The van der Waals surface area contributed by atoms with Crippen molar-refractivity contribution in [3.63, 3.8) is 0 Å². The van der Waals surface area contributed by atoms with Crippen LogP contribution in [0.5, 0.6) is 0 Å². The van der Waals surface area contributed by atoms with Gasteiger partial charge in [-0.2, -0.15) is 0 Å². The summed E-state index contributed by atoms with van der Waals surface area (Å²) in [5.74, 6) is 1.14. The van der Waals surface area contributed by atoms with E-state index in [1.165, 1.54) is 0 Å². The molecule has 1 saturated heterocycles. The van der Waals surface area contributed by atoms with Crippen molar-refractivity contribution in [2.24, 2.45) is 0 Å². The van der Waals surface area contributed by atoms with E-state index < -0.39 is 0 Å². The summed E-state index contributed by atoms with van der Waals surface area (Å²) in [6, 6.07) is 10.4. The molecule has 0 bridgehead atoms. The number of carbonyl (C=O) groups is 1. The maximum absolute atomic E-state index is 12.6. The number of hydrogen-bond donors (Lipinski definition) is 1. The van der Waals surface area contributed by atoms with Crippen LogP contribution in [0.2, 0.25) is 0 Å². The highest BCUT2D eigenvalue weighted by Gasteiger charge is 2.25. The maximum Gasteiger partial charge on any atom is 0.246 e. The minimum atomic E-state index is 0.0865. The zero-order chi connectivity index (χ0) is 20.9. The molecule has 3 aromatic rings. The van der Waals surface area contributed by atoms with Gasteiger partial charge in [-0.25, -0.2) is 9.97 Å². The van der Waals surface area contributed by atoms with E-state index in [0.29, 0.717) is 6.54 Å². The zero-order valence-electron chi connectivity index (χ0n) is 17.4. The molecule has 1 amide bonds. The lowest BCUT2D eigenvalue weighted by molar-refractivity contribution is -0.127. The normalized spacial score (nSPS) is 17.2. The summed E-state index contributed by atoms with van der Waals surface area (Å²) < 4.78 is 0. The summed E-state index contributed by atoms with van der Waals surface area (Å²) in [6.07, 6.45) is 7.43. The molecule has 0 unspecified atom stereocenters. The van der Waals surface area contributed by atoms with Gasteiger partial charge >= 0.3 is 0 Å². The van der Waals surface area contributed by atoms with E-state index in [1.54, 1.807) is 23.6 Å². The third-order valence-electron chi connectivity index (χ3n) is 5.30. The minimum Gasteiger partial charge on any atom is -0.339 e. The molecule has 1 fully saturated rings. The Hall–Kier alpha value is -2.77. The molecule has 1 atom stereocenters. The molecule has 4 rings (SSSR count). The molecule has 3 heterocycles. The van der Waals surface area contributed by atoms with E-state index >= 15 is 0 Å². The van der Waals surface area contributed by atoms with Gasteiger partial charge in [0.2, 0.25) is 5.91 Å². The molecule has 7 heteroatoms. The number of pyridine rings is 1. The van der Waals surface area contributed by atoms with Gasteiger partial charge in [-0.15, -0.1) is 11.3 Å². The van der Waals surface area contributed by atoms with Gasteiger partial charge in [-0.1, -0.05) is 30.3 Å². The van der Waals surface area contributed by atoms with Crippen molar-refractivity contribution < 1.29 is 4.79 Å². The highest BCUT2D eigenvalue weighted by molar-refractivity contribution is 7.13. The molecule has 156 valence electrons. The van der Waals surface area contributed by atoms with E-state index in [2.05, 4.69) is 28.5 Å². The first-order valence-electron chi connectivity index (χ1n) is 10.3. The fourth-order valence-electron chi connectivity index (χ4n) is 3.80. The molecule has 0 saturated carbocycles. The summed E-state index contributed by atoms with van der Waals surface area (Å²) in [4.78, 5) is 25.9. The highest BCUT2D eigenvalue weighted by atomic mass is 32.1.